The van der Waals surface area contributed by atoms with Crippen molar-refractivity contribution in [2.75, 3.05) is 0 Å². The van der Waals surface area contributed by atoms with Crippen LogP contribution in [0.2, 0.25) is 0 Å². The van der Waals surface area contributed by atoms with Gasteiger partial charge in [-0.25, -0.2) is 4.68 Å². The Morgan fingerprint density at radius 2 is 2.33 bits per heavy atom. The molecule has 0 saturated heterocycles. The summed E-state index contributed by atoms with van der Waals surface area (Å²) in [6.07, 6.45) is 5.38. The van der Waals surface area contributed by atoms with Crippen molar-refractivity contribution >= 4 is 5.91 Å². The molecule has 1 aromatic heterocycles. The van der Waals surface area contributed by atoms with Gasteiger partial charge in [-0.2, -0.15) is 10.4 Å². The molecular weight excluding hydrogens is 266 g/mol. The van der Waals surface area contributed by atoms with Crippen LogP contribution in [-0.2, 0) is 6.54 Å². The zero-order valence-corrected chi connectivity index (χ0v) is 11.4. The van der Waals surface area contributed by atoms with E-state index in [-0.39, 0.29) is 0 Å². The van der Waals surface area contributed by atoms with Crippen molar-refractivity contribution in [3.63, 3.8) is 0 Å². The maximum absolute atomic E-state index is 11.1. The van der Waals surface area contributed by atoms with Crippen LogP contribution in [0.3, 0.4) is 0 Å². The molecule has 3 rings (SSSR count). The first-order valence-electron chi connectivity index (χ1n) is 6.78. The number of nitrogens with two attached hydrogens (primary N) is 1. The first-order chi connectivity index (χ1) is 10.2. The fourth-order valence-electron chi connectivity index (χ4n) is 2.11. The van der Waals surface area contributed by atoms with E-state index >= 15 is 0 Å². The topological polar surface area (TPSA) is 96.7 Å². The van der Waals surface area contributed by atoms with Gasteiger partial charge in [0, 0.05) is 18.8 Å². The monoisotopic (exact) mass is 281 g/mol. The SMILES string of the molecule is N#Cc1cc(CNC2CC2)ccc1-n1cc(C(N)=O)cn1. The zero-order chi connectivity index (χ0) is 14.8. The summed E-state index contributed by atoms with van der Waals surface area (Å²) in [5.41, 5.74) is 7.74. The van der Waals surface area contributed by atoms with E-state index in [1.165, 1.54) is 29.9 Å². The summed E-state index contributed by atoms with van der Waals surface area (Å²) in [7, 11) is 0. The van der Waals surface area contributed by atoms with Gasteiger partial charge in [0.15, 0.2) is 0 Å². The summed E-state index contributed by atoms with van der Waals surface area (Å²) in [5.74, 6) is -0.537. The van der Waals surface area contributed by atoms with Gasteiger partial charge in [0.25, 0.3) is 5.91 Å². The van der Waals surface area contributed by atoms with E-state index in [0.29, 0.717) is 22.9 Å². The normalized spacial score (nSPS) is 13.9. The average molecular weight is 281 g/mol. The lowest BCUT2D eigenvalue weighted by Gasteiger charge is -2.08. The molecule has 0 atom stereocenters. The van der Waals surface area contributed by atoms with Gasteiger partial charge in [0.1, 0.15) is 6.07 Å². The quantitative estimate of drug-likeness (QED) is 0.857. The number of amides is 1. The first kappa shape index (κ1) is 13.3. The Morgan fingerprint density at radius 1 is 1.52 bits per heavy atom. The van der Waals surface area contributed by atoms with Gasteiger partial charge in [0.2, 0.25) is 0 Å². The van der Waals surface area contributed by atoms with Crippen molar-refractivity contribution < 1.29 is 4.79 Å². The van der Waals surface area contributed by atoms with Crippen molar-refractivity contribution in [2.24, 2.45) is 5.73 Å². The minimum absolute atomic E-state index is 0.318. The zero-order valence-electron chi connectivity index (χ0n) is 11.4. The van der Waals surface area contributed by atoms with E-state index in [2.05, 4.69) is 16.5 Å². The number of benzene rings is 1. The van der Waals surface area contributed by atoms with Crippen molar-refractivity contribution in [3.05, 3.63) is 47.3 Å². The molecule has 1 aromatic carbocycles. The van der Waals surface area contributed by atoms with E-state index < -0.39 is 5.91 Å². The second kappa shape index (κ2) is 5.38. The number of primary amides is 1. The summed E-state index contributed by atoms with van der Waals surface area (Å²) in [6, 6.07) is 8.43. The molecule has 21 heavy (non-hydrogen) atoms. The summed E-state index contributed by atoms with van der Waals surface area (Å²) in [6.45, 7) is 0.755. The molecule has 2 aromatic rings. The molecule has 6 heteroatoms. The van der Waals surface area contributed by atoms with Gasteiger partial charge in [0.05, 0.1) is 23.0 Å². The minimum atomic E-state index is -0.537. The molecule has 1 saturated carbocycles. The number of hydrogen-bond donors (Lipinski definition) is 2. The molecule has 1 heterocycles. The van der Waals surface area contributed by atoms with Gasteiger partial charge < -0.3 is 11.1 Å². The third-order valence-electron chi connectivity index (χ3n) is 3.47. The van der Waals surface area contributed by atoms with Gasteiger partial charge >= 0.3 is 0 Å². The number of nitrogens with zero attached hydrogens (tertiary/aromatic N) is 3. The number of carbonyl (C=O) groups excluding carboxylic acids is 1. The molecule has 0 spiro atoms. The van der Waals surface area contributed by atoms with E-state index in [1.54, 1.807) is 0 Å². The summed E-state index contributed by atoms with van der Waals surface area (Å²) in [5, 5.41) is 16.8. The summed E-state index contributed by atoms with van der Waals surface area (Å²) >= 11 is 0. The Kier molecular flexibility index (Phi) is 3.42. The Bertz CT molecular complexity index is 724. The lowest BCUT2D eigenvalue weighted by Crippen LogP contribution is -2.15. The third-order valence-corrected chi connectivity index (χ3v) is 3.47. The van der Waals surface area contributed by atoms with E-state index in [0.717, 1.165) is 12.1 Å². The third kappa shape index (κ3) is 2.93. The van der Waals surface area contributed by atoms with Crippen molar-refractivity contribution in [1.29, 1.82) is 5.26 Å². The maximum atomic E-state index is 11.1. The molecule has 1 aliphatic rings. The number of nitriles is 1. The molecule has 1 amide bonds. The second-order valence-electron chi connectivity index (χ2n) is 5.16. The fraction of sp³-hybridized carbons (Fsp3) is 0.267. The molecule has 0 aliphatic heterocycles. The highest BCUT2D eigenvalue weighted by atomic mass is 16.1. The summed E-state index contributed by atoms with van der Waals surface area (Å²) in [4.78, 5) is 11.1. The molecule has 6 nitrogen and oxygen atoms in total. The van der Waals surface area contributed by atoms with Crippen LogP contribution >= 0.6 is 0 Å². The second-order valence-corrected chi connectivity index (χ2v) is 5.16. The average Bonchev–Trinajstić information content (AvgIpc) is 3.19. The molecule has 0 unspecified atom stereocenters. The van der Waals surface area contributed by atoms with Gasteiger partial charge in [-0.05, 0) is 30.5 Å². The van der Waals surface area contributed by atoms with Crippen LogP contribution in [0.1, 0.15) is 34.3 Å². The largest absolute Gasteiger partial charge is 0.366 e. The molecule has 1 fully saturated rings. The number of nitrogens with one attached hydrogen (secondary N) is 1. The Morgan fingerprint density at radius 3 is 2.95 bits per heavy atom. The number of rotatable bonds is 5. The summed E-state index contributed by atoms with van der Waals surface area (Å²) < 4.78 is 1.50. The maximum Gasteiger partial charge on any atom is 0.251 e. The van der Waals surface area contributed by atoms with Crippen molar-refractivity contribution in [3.8, 4) is 11.8 Å². The van der Waals surface area contributed by atoms with Crippen molar-refractivity contribution in [2.45, 2.75) is 25.4 Å². The van der Waals surface area contributed by atoms with Crippen LogP contribution in [0.15, 0.2) is 30.6 Å². The van der Waals surface area contributed by atoms with Crippen LogP contribution in [0.25, 0.3) is 5.69 Å². The Balaban J connectivity index is 1.86. The Labute approximate surface area is 122 Å². The van der Waals surface area contributed by atoms with Gasteiger partial charge in [-0.15, -0.1) is 0 Å². The van der Waals surface area contributed by atoms with Crippen molar-refractivity contribution in [1.82, 2.24) is 15.1 Å². The highest BCUT2D eigenvalue weighted by molar-refractivity contribution is 5.92. The Hall–Kier alpha value is -2.65. The molecule has 1 aliphatic carbocycles. The van der Waals surface area contributed by atoms with Crippen LogP contribution in [0.4, 0.5) is 0 Å². The molecular formula is C15H15N5O. The highest BCUT2D eigenvalue weighted by Crippen LogP contribution is 2.20. The lowest BCUT2D eigenvalue weighted by atomic mass is 10.1. The van der Waals surface area contributed by atoms with E-state index in [9.17, 15) is 10.1 Å². The van der Waals surface area contributed by atoms with E-state index in [1.807, 2.05) is 18.2 Å². The molecule has 3 N–H and O–H groups in total. The minimum Gasteiger partial charge on any atom is -0.366 e. The predicted molar refractivity (Wildman–Crippen MR) is 76.7 cm³/mol. The molecule has 0 bridgehead atoms. The number of aromatic nitrogens is 2. The van der Waals surface area contributed by atoms with Gasteiger partial charge in [-0.3, -0.25) is 4.79 Å². The molecule has 0 radical (unpaired) electrons. The van der Waals surface area contributed by atoms with Crippen LogP contribution in [0, 0.1) is 11.3 Å². The van der Waals surface area contributed by atoms with Crippen LogP contribution in [-0.4, -0.2) is 21.7 Å². The van der Waals surface area contributed by atoms with Crippen LogP contribution in [0.5, 0.6) is 0 Å². The number of carbonyl (C=O) groups is 1. The fourth-order valence-corrected chi connectivity index (χ4v) is 2.11. The number of hydrogen-bond acceptors (Lipinski definition) is 4. The first-order valence-corrected chi connectivity index (χ1v) is 6.78. The standard InChI is InChI=1S/C15H15N5O/c16-6-11-5-10(7-18-13-2-3-13)1-4-14(11)20-9-12(8-19-20)15(17)21/h1,4-5,8-9,13,18H,2-3,7H2,(H2,17,21). The molecule has 106 valence electrons. The van der Waals surface area contributed by atoms with Crippen LogP contribution < -0.4 is 11.1 Å². The predicted octanol–water partition coefficient (Wildman–Crippen LogP) is 1.09. The smallest absolute Gasteiger partial charge is 0.251 e. The lowest BCUT2D eigenvalue weighted by molar-refractivity contribution is 0.100. The van der Waals surface area contributed by atoms with E-state index in [4.69, 9.17) is 5.73 Å². The highest BCUT2D eigenvalue weighted by Gasteiger charge is 2.20. The van der Waals surface area contributed by atoms with Gasteiger partial charge in [-0.1, -0.05) is 6.07 Å².